The number of hydrogen-bond donors (Lipinski definition) is 0. The second kappa shape index (κ2) is 3.93. The summed E-state index contributed by atoms with van der Waals surface area (Å²) in [5, 5.41) is 1.30. The zero-order chi connectivity index (χ0) is 11.0. The third-order valence-electron chi connectivity index (χ3n) is 2.65. The topological polar surface area (TPSA) is 12.9 Å². The summed E-state index contributed by atoms with van der Waals surface area (Å²) in [5.41, 5.74) is 1.33. The molecular weight excluding hydrogens is 202 g/mol. The van der Waals surface area contributed by atoms with Crippen molar-refractivity contribution in [2.24, 2.45) is 0 Å². The van der Waals surface area contributed by atoms with Crippen LogP contribution in [0.3, 0.4) is 0 Å². The van der Waals surface area contributed by atoms with Gasteiger partial charge in [-0.2, -0.15) is 0 Å². The van der Waals surface area contributed by atoms with E-state index in [9.17, 15) is 0 Å². The molecule has 0 N–H and O–H groups in total. The van der Waals surface area contributed by atoms with Crippen LogP contribution < -0.4 is 0 Å². The Morgan fingerprint density at radius 1 is 1.07 bits per heavy atom. The Morgan fingerprint density at radius 2 is 1.80 bits per heavy atom. The quantitative estimate of drug-likeness (QED) is 0.722. The molecule has 0 aliphatic carbocycles. The lowest BCUT2D eigenvalue weighted by Gasteiger charge is -2.02. The molecule has 0 aromatic carbocycles. The van der Waals surface area contributed by atoms with Gasteiger partial charge in [0.25, 0.3) is 0 Å². The van der Waals surface area contributed by atoms with Crippen molar-refractivity contribution in [3.63, 3.8) is 0 Å². The molecule has 2 rings (SSSR count). The lowest BCUT2D eigenvalue weighted by atomic mass is 10.0. The lowest BCUT2D eigenvalue weighted by molar-refractivity contribution is 0.862. The highest BCUT2D eigenvalue weighted by Gasteiger charge is 2.08. The van der Waals surface area contributed by atoms with E-state index in [1.54, 1.807) is 0 Å². The van der Waals surface area contributed by atoms with Crippen molar-refractivity contribution in [2.75, 3.05) is 0 Å². The van der Waals surface area contributed by atoms with Crippen LogP contribution in [0.5, 0.6) is 0 Å². The third kappa shape index (κ3) is 2.05. The average molecular weight is 219 g/mol. The predicted octanol–water partition coefficient (Wildman–Crippen LogP) is 4.54. The first kappa shape index (κ1) is 10.6. The third-order valence-corrected chi connectivity index (χ3v) is 4.01. The maximum atomic E-state index is 4.52. The molecule has 0 radical (unpaired) electrons. The van der Waals surface area contributed by atoms with Gasteiger partial charge in [0.15, 0.2) is 0 Å². The first-order chi connectivity index (χ1) is 7.08. The van der Waals surface area contributed by atoms with Crippen LogP contribution in [0.1, 0.15) is 50.0 Å². The molecule has 0 amide bonds. The van der Waals surface area contributed by atoms with Gasteiger partial charge in [-0.15, -0.1) is 11.3 Å². The molecule has 0 spiro atoms. The van der Waals surface area contributed by atoms with Gasteiger partial charge >= 0.3 is 0 Å². The van der Waals surface area contributed by atoms with Gasteiger partial charge in [0.05, 0.1) is 0 Å². The molecular formula is C13H17NS. The average Bonchev–Trinajstić information content (AvgIpc) is 2.59. The minimum Gasteiger partial charge on any atom is -0.245 e. The summed E-state index contributed by atoms with van der Waals surface area (Å²) < 4.78 is 0. The fourth-order valence-electron chi connectivity index (χ4n) is 1.57. The van der Waals surface area contributed by atoms with Crippen molar-refractivity contribution in [1.29, 1.82) is 0 Å². The molecule has 1 nitrogen and oxygen atoms in total. The van der Waals surface area contributed by atoms with Crippen LogP contribution in [0, 0.1) is 0 Å². The van der Waals surface area contributed by atoms with E-state index in [1.807, 2.05) is 17.5 Å². The van der Waals surface area contributed by atoms with Crippen molar-refractivity contribution in [2.45, 2.75) is 39.5 Å². The van der Waals surface area contributed by atoms with Gasteiger partial charge in [-0.1, -0.05) is 27.7 Å². The highest BCUT2D eigenvalue weighted by molar-refractivity contribution is 7.18. The summed E-state index contributed by atoms with van der Waals surface area (Å²) in [6.45, 7) is 8.87. The first-order valence-corrected chi connectivity index (χ1v) is 6.29. The smallest absolute Gasteiger partial charge is 0.123 e. The molecule has 0 saturated heterocycles. The lowest BCUT2D eigenvalue weighted by Crippen LogP contribution is -1.87. The molecule has 0 aliphatic rings. The van der Waals surface area contributed by atoms with Crippen LogP contribution in [0.4, 0.5) is 0 Å². The number of rotatable bonds is 2. The predicted molar refractivity (Wildman–Crippen MR) is 67.8 cm³/mol. The van der Waals surface area contributed by atoms with E-state index in [-0.39, 0.29) is 0 Å². The molecule has 0 atom stereocenters. The van der Waals surface area contributed by atoms with Gasteiger partial charge in [0.2, 0.25) is 0 Å². The maximum absolute atomic E-state index is 4.52. The van der Waals surface area contributed by atoms with E-state index in [4.69, 9.17) is 0 Å². The SMILES string of the molecule is CC(C)c1cnc2sc(C(C)C)cc2c1. The van der Waals surface area contributed by atoms with Crippen LogP contribution in [0.25, 0.3) is 10.2 Å². The molecule has 2 aromatic heterocycles. The Kier molecular flexibility index (Phi) is 2.79. The minimum absolute atomic E-state index is 0.560. The van der Waals surface area contributed by atoms with Gasteiger partial charge < -0.3 is 0 Å². The highest BCUT2D eigenvalue weighted by atomic mass is 32.1. The van der Waals surface area contributed by atoms with Crippen molar-refractivity contribution in [3.05, 3.63) is 28.8 Å². The summed E-state index contributed by atoms with van der Waals surface area (Å²) in [6, 6.07) is 4.55. The Morgan fingerprint density at radius 3 is 2.40 bits per heavy atom. The number of pyridine rings is 1. The Hall–Kier alpha value is -0.890. The highest BCUT2D eigenvalue weighted by Crippen LogP contribution is 2.30. The molecule has 0 aliphatic heterocycles. The van der Waals surface area contributed by atoms with E-state index in [0.29, 0.717) is 11.8 Å². The number of fused-ring (bicyclic) bond motifs is 1. The Bertz CT molecular complexity index is 462. The monoisotopic (exact) mass is 219 g/mol. The molecule has 80 valence electrons. The summed E-state index contributed by atoms with van der Waals surface area (Å²) in [7, 11) is 0. The van der Waals surface area contributed by atoms with Gasteiger partial charge in [-0.25, -0.2) is 4.98 Å². The maximum Gasteiger partial charge on any atom is 0.123 e. The molecule has 0 fully saturated rings. The summed E-state index contributed by atoms with van der Waals surface area (Å²) >= 11 is 1.81. The molecule has 0 unspecified atom stereocenters. The fourth-order valence-corrected chi connectivity index (χ4v) is 2.56. The Labute approximate surface area is 95.2 Å². The summed E-state index contributed by atoms with van der Waals surface area (Å²) in [6.07, 6.45) is 2.01. The van der Waals surface area contributed by atoms with Gasteiger partial charge in [0, 0.05) is 16.5 Å². The standard InChI is InChI=1S/C13H17NS/c1-8(2)11-5-10-6-12(9(3)4)15-13(10)14-7-11/h5-9H,1-4H3. The van der Waals surface area contributed by atoms with Crippen LogP contribution in [-0.2, 0) is 0 Å². The fraction of sp³-hybridized carbons (Fsp3) is 0.462. The number of thiophene rings is 1. The Balaban J connectivity index is 2.52. The second-order valence-electron chi connectivity index (χ2n) is 4.62. The zero-order valence-electron chi connectivity index (χ0n) is 9.74. The van der Waals surface area contributed by atoms with Crippen LogP contribution in [0.15, 0.2) is 18.3 Å². The molecule has 2 heterocycles. The number of hydrogen-bond acceptors (Lipinski definition) is 2. The van der Waals surface area contributed by atoms with Crippen molar-refractivity contribution < 1.29 is 0 Å². The van der Waals surface area contributed by atoms with Crippen LogP contribution in [-0.4, -0.2) is 4.98 Å². The second-order valence-corrected chi connectivity index (χ2v) is 5.68. The molecule has 2 aromatic rings. The molecule has 15 heavy (non-hydrogen) atoms. The normalized spacial score (nSPS) is 11.9. The summed E-state index contributed by atoms with van der Waals surface area (Å²) in [5.74, 6) is 1.16. The molecule has 0 saturated carbocycles. The number of nitrogens with zero attached hydrogens (tertiary/aromatic N) is 1. The minimum atomic E-state index is 0.560. The van der Waals surface area contributed by atoms with Crippen LogP contribution >= 0.6 is 11.3 Å². The van der Waals surface area contributed by atoms with E-state index in [0.717, 1.165) is 0 Å². The van der Waals surface area contributed by atoms with Crippen molar-refractivity contribution >= 4 is 21.6 Å². The zero-order valence-corrected chi connectivity index (χ0v) is 10.6. The van der Waals surface area contributed by atoms with Crippen molar-refractivity contribution in [3.8, 4) is 0 Å². The first-order valence-electron chi connectivity index (χ1n) is 5.47. The van der Waals surface area contributed by atoms with Crippen molar-refractivity contribution in [1.82, 2.24) is 4.98 Å². The van der Waals surface area contributed by atoms with Gasteiger partial charge in [-0.3, -0.25) is 0 Å². The molecule has 2 heteroatoms. The van der Waals surface area contributed by atoms with Crippen LogP contribution in [0.2, 0.25) is 0 Å². The van der Waals surface area contributed by atoms with E-state index in [2.05, 4.69) is 44.8 Å². The summed E-state index contributed by atoms with van der Waals surface area (Å²) in [4.78, 5) is 7.12. The number of aromatic nitrogens is 1. The van der Waals surface area contributed by atoms with E-state index in [1.165, 1.54) is 20.7 Å². The van der Waals surface area contributed by atoms with Gasteiger partial charge in [0.1, 0.15) is 4.83 Å². The van der Waals surface area contributed by atoms with E-state index >= 15 is 0 Å². The molecule has 0 bridgehead atoms. The van der Waals surface area contributed by atoms with E-state index < -0.39 is 0 Å². The largest absolute Gasteiger partial charge is 0.245 e. The van der Waals surface area contributed by atoms with Gasteiger partial charge in [-0.05, 0) is 29.5 Å².